The molecule has 2 rings (SSSR count). The summed E-state index contributed by atoms with van der Waals surface area (Å²) in [7, 11) is 0. The molecule has 19 heavy (non-hydrogen) atoms. The lowest BCUT2D eigenvalue weighted by atomic mass is 10.0. The predicted molar refractivity (Wildman–Crippen MR) is 72.7 cm³/mol. The first-order valence-corrected chi connectivity index (χ1v) is 5.86. The number of fused-ring (bicyclic) bond motifs is 1. The van der Waals surface area contributed by atoms with Gasteiger partial charge in [0.15, 0.2) is 5.58 Å². The van der Waals surface area contributed by atoms with E-state index in [9.17, 15) is 9.59 Å². The number of aromatic nitrogens is 1. The van der Waals surface area contributed by atoms with Crippen molar-refractivity contribution in [3.63, 3.8) is 0 Å². The highest BCUT2D eigenvalue weighted by Crippen LogP contribution is 2.25. The Morgan fingerprint density at radius 1 is 1.42 bits per heavy atom. The normalized spacial score (nSPS) is 12.8. The molecule has 1 aromatic carbocycles. The van der Waals surface area contributed by atoms with Gasteiger partial charge in [0, 0.05) is 6.07 Å². The van der Waals surface area contributed by atoms with Crippen LogP contribution in [0.3, 0.4) is 0 Å². The Morgan fingerprint density at radius 2 is 2.11 bits per heavy atom. The maximum atomic E-state index is 11.4. The second kappa shape index (κ2) is 4.68. The molecule has 1 amide bonds. The fourth-order valence-electron chi connectivity index (χ4n) is 1.87. The third-order valence-electron chi connectivity index (χ3n) is 2.88. The van der Waals surface area contributed by atoms with E-state index in [1.54, 1.807) is 6.07 Å². The van der Waals surface area contributed by atoms with E-state index < -0.39 is 17.7 Å². The molecule has 0 aliphatic heterocycles. The fourth-order valence-corrected chi connectivity index (χ4v) is 1.87. The number of rotatable bonds is 4. The minimum Gasteiger partial charge on any atom is -0.408 e. The van der Waals surface area contributed by atoms with Crippen LogP contribution >= 0.6 is 0 Å². The van der Waals surface area contributed by atoms with E-state index in [-0.39, 0.29) is 5.92 Å². The van der Waals surface area contributed by atoms with Gasteiger partial charge in [-0.05, 0) is 12.0 Å². The Hall–Kier alpha value is -2.44. The van der Waals surface area contributed by atoms with E-state index in [0.717, 1.165) is 0 Å². The molecular weight excluding hydrogens is 248 g/mol. The van der Waals surface area contributed by atoms with Gasteiger partial charge in [-0.3, -0.25) is 9.78 Å². The van der Waals surface area contributed by atoms with Gasteiger partial charge in [-0.25, -0.2) is 4.79 Å². The molecule has 0 aliphatic rings. The van der Waals surface area contributed by atoms with E-state index in [1.165, 1.54) is 6.07 Å². The SMILES string of the molecule is CC(C)C(Nc1cc2[nH]c(=O)oc2cc1N)C(N)=O. The van der Waals surface area contributed by atoms with Crippen molar-refractivity contribution < 1.29 is 9.21 Å². The molecule has 0 bridgehead atoms. The smallest absolute Gasteiger partial charge is 0.408 e. The minimum absolute atomic E-state index is 0.0102. The lowest BCUT2D eigenvalue weighted by molar-refractivity contribution is -0.119. The Kier molecular flexibility index (Phi) is 3.20. The van der Waals surface area contributed by atoms with Crippen molar-refractivity contribution in [2.24, 2.45) is 11.7 Å². The predicted octanol–water partition coefficient (Wildman–Crippen LogP) is 0.625. The van der Waals surface area contributed by atoms with E-state index in [1.807, 2.05) is 13.8 Å². The molecule has 0 fully saturated rings. The number of primary amides is 1. The van der Waals surface area contributed by atoms with Crippen LogP contribution in [0.1, 0.15) is 13.8 Å². The van der Waals surface area contributed by atoms with Gasteiger partial charge in [0.2, 0.25) is 5.91 Å². The summed E-state index contributed by atoms with van der Waals surface area (Å²) in [5.41, 5.74) is 13.0. The van der Waals surface area contributed by atoms with E-state index >= 15 is 0 Å². The van der Waals surface area contributed by atoms with Crippen LogP contribution in [0.2, 0.25) is 0 Å². The zero-order valence-electron chi connectivity index (χ0n) is 10.7. The highest BCUT2D eigenvalue weighted by atomic mass is 16.4. The Balaban J connectivity index is 2.41. The second-order valence-corrected chi connectivity index (χ2v) is 4.72. The van der Waals surface area contributed by atoms with Gasteiger partial charge in [0.05, 0.1) is 16.9 Å². The van der Waals surface area contributed by atoms with Crippen molar-refractivity contribution in [2.45, 2.75) is 19.9 Å². The van der Waals surface area contributed by atoms with Crippen LogP contribution in [0.25, 0.3) is 11.1 Å². The number of carbonyl (C=O) groups excluding carboxylic acids is 1. The standard InChI is InChI=1S/C12H16N4O3/c1-5(2)10(11(14)17)15-7-4-8-9(3-6(7)13)19-12(18)16-8/h3-5,10,15H,13H2,1-2H3,(H2,14,17)(H,16,18). The van der Waals surface area contributed by atoms with Gasteiger partial charge in [0.25, 0.3) is 0 Å². The number of amides is 1. The zero-order valence-corrected chi connectivity index (χ0v) is 10.7. The summed E-state index contributed by atoms with van der Waals surface area (Å²) in [5, 5.41) is 2.98. The quantitative estimate of drug-likeness (QED) is 0.602. The average Bonchev–Trinajstić information content (AvgIpc) is 2.63. The molecule has 102 valence electrons. The number of nitrogens with two attached hydrogens (primary N) is 2. The molecule has 1 aromatic heterocycles. The molecule has 0 aliphatic carbocycles. The number of anilines is 2. The van der Waals surface area contributed by atoms with Crippen molar-refractivity contribution in [3.05, 3.63) is 22.7 Å². The van der Waals surface area contributed by atoms with Crippen LogP contribution in [0.5, 0.6) is 0 Å². The highest BCUT2D eigenvalue weighted by Gasteiger charge is 2.20. The minimum atomic E-state index is -0.554. The van der Waals surface area contributed by atoms with Crippen molar-refractivity contribution >= 4 is 28.4 Å². The van der Waals surface area contributed by atoms with Gasteiger partial charge in [-0.15, -0.1) is 0 Å². The van der Waals surface area contributed by atoms with Gasteiger partial charge >= 0.3 is 5.76 Å². The summed E-state index contributed by atoms with van der Waals surface area (Å²) in [6.45, 7) is 3.74. The van der Waals surface area contributed by atoms with E-state index in [0.29, 0.717) is 22.5 Å². The second-order valence-electron chi connectivity index (χ2n) is 4.72. The number of nitrogens with one attached hydrogen (secondary N) is 2. The van der Waals surface area contributed by atoms with Crippen molar-refractivity contribution in [1.82, 2.24) is 4.98 Å². The van der Waals surface area contributed by atoms with E-state index in [4.69, 9.17) is 15.9 Å². The zero-order chi connectivity index (χ0) is 14.2. The molecule has 2 aromatic rings. The largest absolute Gasteiger partial charge is 0.417 e. The van der Waals surface area contributed by atoms with Crippen LogP contribution < -0.4 is 22.5 Å². The number of H-pyrrole nitrogens is 1. The summed E-state index contributed by atoms with van der Waals surface area (Å²) in [6.07, 6.45) is 0. The maximum absolute atomic E-state index is 11.4. The van der Waals surface area contributed by atoms with Crippen LogP contribution in [-0.4, -0.2) is 16.9 Å². The first-order valence-electron chi connectivity index (χ1n) is 5.86. The lowest BCUT2D eigenvalue weighted by Crippen LogP contribution is -2.39. The summed E-state index contributed by atoms with van der Waals surface area (Å²) in [4.78, 5) is 25.0. The summed E-state index contributed by atoms with van der Waals surface area (Å²) in [6, 6.07) is 2.60. The lowest BCUT2D eigenvalue weighted by Gasteiger charge is -2.21. The Labute approximate surface area is 109 Å². The Bertz CT molecular complexity index is 671. The summed E-state index contributed by atoms with van der Waals surface area (Å²) >= 11 is 0. The van der Waals surface area contributed by atoms with Gasteiger partial charge in [-0.1, -0.05) is 13.8 Å². The van der Waals surface area contributed by atoms with Crippen molar-refractivity contribution in [2.75, 3.05) is 11.1 Å². The molecular formula is C12H16N4O3. The molecule has 0 spiro atoms. The molecule has 7 nitrogen and oxygen atoms in total. The molecule has 0 saturated carbocycles. The molecule has 6 N–H and O–H groups in total. The molecule has 1 unspecified atom stereocenters. The number of aromatic amines is 1. The summed E-state index contributed by atoms with van der Waals surface area (Å²) in [5.74, 6) is -1.01. The average molecular weight is 264 g/mol. The van der Waals surface area contributed by atoms with Crippen molar-refractivity contribution in [1.29, 1.82) is 0 Å². The fraction of sp³-hybridized carbons (Fsp3) is 0.333. The van der Waals surface area contributed by atoms with Gasteiger partial charge in [-0.2, -0.15) is 0 Å². The van der Waals surface area contributed by atoms with Crippen LogP contribution in [0.15, 0.2) is 21.3 Å². The van der Waals surface area contributed by atoms with Crippen LogP contribution in [0, 0.1) is 5.92 Å². The number of nitrogen functional groups attached to an aromatic ring is 1. The van der Waals surface area contributed by atoms with Crippen molar-refractivity contribution in [3.8, 4) is 0 Å². The molecule has 1 atom stereocenters. The van der Waals surface area contributed by atoms with Gasteiger partial charge in [0.1, 0.15) is 6.04 Å². The highest BCUT2D eigenvalue weighted by molar-refractivity contribution is 5.89. The number of hydrogen-bond donors (Lipinski definition) is 4. The van der Waals surface area contributed by atoms with Crippen LogP contribution in [-0.2, 0) is 4.79 Å². The molecule has 0 saturated heterocycles. The number of carbonyl (C=O) groups is 1. The first-order chi connectivity index (χ1) is 8.88. The number of benzene rings is 1. The number of oxazole rings is 1. The van der Waals surface area contributed by atoms with E-state index in [2.05, 4.69) is 10.3 Å². The van der Waals surface area contributed by atoms with Crippen LogP contribution in [0.4, 0.5) is 11.4 Å². The third kappa shape index (κ3) is 2.54. The molecule has 1 heterocycles. The maximum Gasteiger partial charge on any atom is 0.417 e. The Morgan fingerprint density at radius 3 is 2.68 bits per heavy atom. The molecule has 7 heteroatoms. The molecule has 0 radical (unpaired) electrons. The first kappa shape index (κ1) is 13.0. The monoisotopic (exact) mass is 264 g/mol. The summed E-state index contributed by atoms with van der Waals surface area (Å²) < 4.78 is 4.89. The van der Waals surface area contributed by atoms with Gasteiger partial charge < -0.3 is 21.2 Å². The topological polar surface area (TPSA) is 127 Å². The third-order valence-corrected chi connectivity index (χ3v) is 2.88. The number of hydrogen-bond acceptors (Lipinski definition) is 5.